The number of esters is 6. The first-order valence-corrected chi connectivity index (χ1v) is 30.0. The summed E-state index contributed by atoms with van der Waals surface area (Å²) in [6.45, 7) is 20.4. The molecule has 7 N–H and O–H groups in total. The largest absolute Gasteiger partial charge is 0.481 e. The summed E-state index contributed by atoms with van der Waals surface area (Å²) in [6.07, 6.45) is 6.73. The van der Waals surface area contributed by atoms with Gasteiger partial charge in [0.25, 0.3) is 0 Å². The number of carbonyl (C=O) groups is 9. The first-order chi connectivity index (χ1) is 40.3. The van der Waals surface area contributed by atoms with Crippen molar-refractivity contribution in [3.05, 3.63) is 0 Å². The normalized spacial score (nSPS) is 34.3. The Morgan fingerprint density at radius 1 is 0.621 bits per heavy atom. The molecule has 24 nitrogen and oxygen atoms in total. The number of cyclic esters (lactones) is 5. The average Bonchev–Trinajstić information content (AvgIpc) is 4.13. The quantitative estimate of drug-likeness (QED) is 0.0438. The molecule has 8 heterocycles. The smallest absolute Gasteiger partial charge is 0.345 e. The second kappa shape index (κ2) is 39.9. The van der Waals surface area contributed by atoms with E-state index in [0.29, 0.717) is 51.4 Å². The topological polar surface area (TPSA) is 364 Å². The maximum Gasteiger partial charge on any atom is 0.345 e. The molecule has 0 radical (unpaired) electrons. The van der Waals surface area contributed by atoms with E-state index in [4.69, 9.17) is 76.0 Å². The Balaban J connectivity index is 0.000000959. The predicted molar refractivity (Wildman–Crippen MR) is 302 cm³/mol. The average molecular weight is 1290 g/mol. The van der Waals surface area contributed by atoms with Gasteiger partial charge in [-0.15, -0.1) is 0 Å². The number of halogens is 5. The Morgan fingerprint density at radius 3 is 1.32 bits per heavy atom. The Kier molecular flexibility index (Phi) is 37.6. The third-order valence-electron chi connectivity index (χ3n) is 14.2. The lowest BCUT2D eigenvalue weighted by molar-refractivity contribution is -0.191. The summed E-state index contributed by atoms with van der Waals surface area (Å²) in [5, 5.41) is 41.9. The molecular formula is C58H96ClF4NO23. The van der Waals surface area contributed by atoms with Gasteiger partial charge in [0.05, 0.1) is 30.8 Å². The Bertz CT molecular complexity index is 2100. The van der Waals surface area contributed by atoms with E-state index in [0.717, 1.165) is 44.9 Å². The lowest BCUT2D eigenvalue weighted by Crippen LogP contribution is -2.33. The van der Waals surface area contributed by atoms with Gasteiger partial charge < -0.3 is 73.9 Å². The highest BCUT2D eigenvalue weighted by Crippen LogP contribution is 2.38. The molecule has 8 aliphatic heterocycles. The van der Waals surface area contributed by atoms with Crippen molar-refractivity contribution in [2.24, 2.45) is 11.7 Å². The van der Waals surface area contributed by atoms with Crippen LogP contribution in [-0.4, -0.2) is 182 Å². The number of carboxylic acids is 3. The Labute approximate surface area is 511 Å². The number of ether oxygens (including phenoxy) is 9. The van der Waals surface area contributed by atoms with Crippen LogP contribution in [0.15, 0.2) is 0 Å². The standard InChI is InChI=1S/C9H15FO3.C7H12ClFO.C7H13FO2.C7H11FO2.C7H12O2.C6H10O2.C5H9NO4.C5H6O4.C5H8O3/c1-4-7-5-9(3,10)8(13-7)12-6(2)11;1-3-5-4-7(2,9)6(8)10-5;2*1-3-5-4-7(2,8)6(9)10-5;1-3-6-4-5(2)7(8)9-6;1-2-5-3-4-6(7)8-5;6-3(5(9)10)1-2-4(7)8;6-4-2-1-3(9-4)5(7)8;6-3-4-1-2-5(7)8-4/h7-8H,4-5H2,1-3H3;5-6H,3-4H2,1-2H3;5-6,9H,3-4H2,1-2H3;5H,3-4H2,1-2H3;5-6H,3-4H2,1-2H3;5H,2-4H2,1H3;3H,1-2,6H2,(H,7,8)(H,9,10);3H,1-2H2,(H,7,8);4,6H,1-3H2/t7-,8-,9?;2*5-,6-,7?;5-,7?;5?,6-;5-;2*3-;4-/m111111000/s1. The number of hydrogen-bond acceptors (Lipinski definition) is 21. The van der Waals surface area contributed by atoms with Gasteiger partial charge in [-0.3, -0.25) is 33.6 Å². The van der Waals surface area contributed by atoms with Crippen LogP contribution in [-0.2, 0) is 85.8 Å². The number of aliphatic hydroxyl groups is 2. The summed E-state index contributed by atoms with van der Waals surface area (Å²) in [7, 11) is 0. The van der Waals surface area contributed by atoms with Crippen molar-refractivity contribution in [2.45, 2.75) is 301 Å². The van der Waals surface area contributed by atoms with Crippen LogP contribution in [0.25, 0.3) is 0 Å². The Hall–Kier alpha value is -5.00. The minimum absolute atomic E-state index is 0.0116. The van der Waals surface area contributed by atoms with E-state index in [9.17, 15) is 60.7 Å². The molecule has 0 aromatic heterocycles. The molecule has 87 heavy (non-hydrogen) atoms. The number of alkyl halides is 5. The minimum Gasteiger partial charge on any atom is -0.481 e. The molecular weight excluding hydrogens is 1190 g/mol. The molecule has 8 rings (SSSR count). The van der Waals surface area contributed by atoms with E-state index in [1.807, 2.05) is 48.5 Å². The highest BCUT2D eigenvalue weighted by atomic mass is 35.5. The fourth-order valence-electron chi connectivity index (χ4n) is 8.55. The highest BCUT2D eigenvalue weighted by molar-refractivity contribution is 6.20. The van der Waals surface area contributed by atoms with Gasteiger partial charge in [0.2, 0.25) is 12.0 Å². The zero-order valence-electron chi connectivity index (χ0n) is 52.2. The zero-order chi connectivity index (χ0) is 67.2. The third kappa shape index (κ3) is 32.4. The van der Waals surface area contributed by atoms with Crippen molar-refractivity contribution in [3.8, 4) is 0 Å². The number of carboxylic acid groups (broad SMARTS) is 3. The maximum absolute atomic E-state index is 13.7. The van der Waals surface area contributed by atoms with Crippen molar-refractivity contribution in [1.82, 2.24) is 0 Å². The van der Waals surface area contributed by atoms with Crippen LogP contribution in [0.3, 0.4) is 0 Å². The number of carbonyl (C=O) groups excluding carboxylic acids is 6. The number of hydrogen-bond donors (Lipinski definition) is 6. The molecule has 0 amide bonds. The van der Waals surface area contributed by atoms with E-state index in [1.54, 1.807) is 0 Å². The van der Waals surface area contributed by atoms with E-state index in [-0.39, 0.29) is 98.8 Å². The minimum atomic E-state index is -1.74. The van der Waals surface area contributed by atoms with Crippen LogP contribution in [0.2, 0.25) is 0 Å². The van der Waals surface area contributed by atoms with E-state index >= 15 is 0 Å². The van der Waals surface area contributed by atoms with Crippen molar-refractivity contribution in [2.75, 3.05) is 6.61 Å². The van der Waals surface area contributed by atoms with E-state index < -0.39 is 88.8 Å². The van der Waals surface area contributed by atoms with Crippen LogP contribution in [0.4, 0.5) is 17.6 Å². The second-order valence-corrected chi connectivity index (χ2v) is 23.0. The van der Waals surface area contributed by atoms with Gasteiger partial charge in [-0.25, -0.2) is 27.2 Å². The first-order valence-electron chi connectivity index (χ1n) is 29.5. The molecule has 0 bridgehead atoms. The van der Waals surface area contributed by atoms with Crippen LogP contribution in [0, 0.1) is 5.92 Å². The number of aliphatic hydroxyl groups excluding tert-OH is 2. The summed E-state index contributed by atoms with van der Waals surface area (Å²) in [5.74, 6) is -5.00. The van der Waals surface area contributed by atoms with Crippen molar-refractivity contribution < 1.29 is 129 Å². The van der Waals surface area contributed by atoms with Crippen LogP contribution >= 0.6 is 11.6 Å². The van der Waals surface area contributed by atoms with Gasteiger partial charge in [-0.2, -0.15) is 0 Å². The summed E-state index contributed by atoms with van der Waals surface area (Å²) in [5.41, 5.74) is -1.91. The summed E-state index contributed by atoms with van der Waals surface area (Å²) in [6, 6.07) is -1.06. The molecule has 8 aliphatic rings. The molecule has 506 valence electrons. The molecule has 0 aromatic rings. The molecule has 8 fully saturated rings. The maximum atomic E-state index is 13.7. The molecule has 5 unspecified atom stereocenters. The number of rotatable bonds is 13. The van der Waals surface area contributed by atoms with Crippen LogP contribution in [0.1, 0.15) is 205 Å². The molecule has 0 saturated carbocycles. The number of aliphatic carboxylic acids is 3. The van der Waals surface area contributed by atoms with Crippen molar-refractivity contribution in [3.63, 3.8) is 0 Å². The monoisotopic (exact) mass is 1290 g/mol. The lowest BCUT2D eigenvalue weighted by atomic mass is 10.0. The molecule has 0 aromatic carbocycles. The number of nitrogens with two attached hydrogens (primary N) is 1. The first kappa shape index (κ1) is 82.0. The van der Waals surface area contributed by atoms with Crippen LogP contribution in [0.5, 0.6) is 0 Å². The fourth-order valence-corrected chi connectivity index (χ4v) is 8.79. The van der Waals surface area contributed by atoms with Gasteiger partial charge in [0.15, 0.2) is 35.0 Å². The molecule has 0 aliphatic carbocycles. The lowest BCUT2D eigenvalue weighted by Gasteiger charge is -2.19. The molecule has 29 heteroatoms. The summed E-state index contributed by atoms with van der Waals surface area (Å²) < 4.78 is 96.4. The zero-order valence-corrected chi connectivity index (χ0v) is 53.0. The van der Waals surface area contributed by atoms with Crippen molar-refractivity contribution >= 4 is 65.3 Å². The van der Waals surface area contributed by atoms with Gasteiger partial charge in [-0.05, 0) is 91.9 Å². The summed E-state index contributed by atoms with van der Waals surface area (Å²) >= 11 is 5.58. The fraction of sp³-hybridized carbons (Fsp3) is 0.845. The van der Waals surface area contributed by atoms with E-state index in [1.165, 1.54) is 34.6 Å². The second-order valence-electron chi connectivity index (χ2n) is 22.6. The van der Waals surface area contributed by atoms with Crippen LogP contribution < -0.4 is 5.73 Å². The van der Waals surface area contributed by atoms with Gasteiger partial charge in [0, 0.05) is 64.7 Å². The molecule has 8 saturated heterocycles. The predicted octanol–water partition coefficient (Wildman–Crippen LogP) is 8.13. The Morgan fingerprint density at radius 2 is 1.08 bits per heavy atom. The van der Waals surface area contributed by atoms with Gasteiger partial charge in [-0.1, -0.05) is 60.1 Å². The van der Waals surface area contributed by atoms with Crippen molar-refractivity contribution in [1.29, 1.82) is 0 Å². The third-order valence-corrected chi connectivity index (χ3v) is 14.8. The molecule has 17 atom stereocenters. The van der Waals surface area contributed by atoms with Gasteiger partial charge >= 0.3 is 53.7 Å². The van der Waals surface area contributed by atoms with Gasteiger partial charge in [0.1, 0.15) is 30.5 Å². The summed E-state index contributed by atoms with van der Waals surface area (Å²) in [4.78, 5) is 92.9. The molecule has 0 spiro atoms. The highest BCUT2D eigenvalue weighted by Gasteiger charge is 2.48. The SMILES string of the molecule is CC[C@@H]1CC(C)(F)C(=O)O1.CC[C@@H]1CC(C)(F)[C@H](Cl)O1.CC[C@@H]1CC(C)(F)[C@H](O)O1.CC[C@@H]1CC(C)(F)[C@H](OC(C)=O)O1.CC[C@@H]1CC(C)C(=O)O1.CC[C@@H]1CCC(=O)O1.N[C@@H](CCC(=O)O)C(=O)O.O=C1CC[C@@H](C(=O)O)O1.O=C1CC[C@@H](CO)O1. The van der Waals surface area contributed by atoms with E-state index in [2.05, 4.69) is 9.47 Å².